The van der Waals surface area contributed by atoms with Gasteiger partial charge in [0.05, 0.1) is 5.39 Å². The van der Waals surface area contributed by atoms with Gasteiger partial charge in [-0.3, -0.25) is 0 Å². The van der Waals surface area contributed by atoms with Gasteiger partial charge in [-0.25, -0.2) is 9.59 Å². The van der Waals surface area contributed by atoms with E-state index in [1.54, 1.807) is 12.1 Å². The Hall–Kier alpha value is -2.17. The van der Waals surface area contributed by atoms with Gasteiger partial charge in [-0.15, -0.1) is 0 Å². The van der Waals surface area contributed by atoms with Crippen molar-refractivity contribution in [2.45, 2.75) is 0 Å². The zero-order valence-corrected chi connectivity index (χ0v) is 6.93. The topological polar surface area (TPSA) is 80.4 Å². The van der Waals surface area contributed by atoms with Crippen LogP contribution in [-0.2, 0) is 0 Å². The van der Waals surface area contributed by atoms with Crippen molar-refractivity contribution in [2.24, 2.45) is 0 Å². The second-order valence-electron chi connectivity index (χ2n) is 2.67. The lowest BCUT2D eigenvalue weighted by Crippen LogP contribution is -2.08. The smallest absolute Gasteiger partial charge is 0.366 e. The average Bonchev–Trinajstić information content (AvgIpc) is 2.18. The van der Waals surface area contributed by atoms with E-state index in [0.717, 1.165) is 0 Å². The molecular weight excluding hydrogens is 186 g/mol. The molecular formula is C9H5NO4. The number of carbonyl (C=O) groups is 1. The normalized spacial score (nSPS) is 10.3. The van der Waals surface area contributed by atoms with Gasteiger partial charge >= 0.3 is 11.6 Å². The van der Waals surface area contributed by atoms with Crippen LogP contribution >= 0.6 is 0 Å². The van der Waals surface area contributed by atoms with Crippen molar-refractivity contribution in [1.29, 1.82) is 0 Å². The lowest BCUT2D eigenvalue weighted by atomic mass is 10.1. The van der Waals surface area contributed by atoms with Gasteiger partial charge in [0.1, 0.15) is 0 Å². The Morgan fingerprint density at radius 2 is 1.93 bits per heavy atom. The van der Waals surface area contributed by atoms with Crippen molar-refractivity contribution < 1.29 is 14.4 Å². The first-order chi connectivity index (χ1) is 6.70. The Labute approximate surface area is 77.6 Å². The van der Waals surface area contributed by atoms with Gasteiger partial charge in [0.2, 0.25) is 0 Å². The molecule has 0 aliphatic heterocycles. The van der Waals surface area contributed by atoms with Crippen LogP contribution in [0, 0.1) is 0 Å². The minimum atomic E-state index is -1.22. The largest absolute Gasteiger partial charge is 0.476 e. The van der Waals surface area contributed by atoms with E-state index in [1.807, 2.05) is 0 Å². The summed E-state index contributed by atoms with van der Waals surface area (Å²) in [6.07, 6.45) is 0. The fourth-order valence-electron chi connectivity index (χ4n) is 1.21. The maximum atomic E-state index is 11.1. The van der Waals surface area contributed by atoms with Gasteiger partial charge in [-0.2, -0.15) is 0 Å². The Balaban J connectivity index is 2.96. The second-order valence-corrected chi connectivity index (χ2v) is 2.67. The molecule has 0 aliphatic carbocycles. The number of hydrogen-bond donors (Lipinski definition) is 1. The Kier molecular flexibility index (Phi) is 1.78. The molecule has 0 radical (unpaired) electrons. The molecule has 1 N–H and O–H groups in total. The molecule has 0 fully saturated rings. The van der Waals surface area contributed by atoms with Crippen LogP contribution in [0.25, 0.3) is 10.8 Å². The van der Waals surface area contributed by atoms with Crippen molar-refractivity contribution >= 4 is 16.7 Å². The van der Waals surface area contributed by atoms with E-state index in [-0.39, 0.29) is 16.5 Å². The Morgan fingerprint density at radius 1 is 1.29 bits per heavy atom. The van der Waals surface area contributed by atoms with Gasteiger partial charge in [-0.1, -0.05) is 23.4 Å². The van der Waals surface area contributed by atoms with E-state index in [0.29, 0.717) is 0 Å². The molecule has 1 aromatic carbocycles. The zero-order valence-electron chi connectivity index (χ0n) is 6.93. The molecule has 0 amide bonds. The van der Waals surface area contributed by atoms with E-state index in [2.05, 4.69) is 9.68 Å². The lowest BCUT2D eigenvalue weighted by molar-refractivity contribution is 0.0683. The van der Waals surface area contributed by atoms with Crippen molar-refractivity contribution in [3.63, 3.8) is 0 Å². The molecule has 1 heterocycles. The van der Waals surface area contributed by atoms with E-state index < -0.39 is 11.6 Å². The Bertz CT molecular complexity index is 558. The number of carboxylic acid groups (broad SMARTS) is 1. The van der Waals surface area contributed by atoms with Crippen LogP contribution in [0.3, 0.4) is 0 Å². The van der Waals surface area contributed by atoms with Crippen LogP contribution in [0.1, 0.15) is 10.5 Å². The molecule has 0 unspecified atom stereocenters. The van der Waals surface area contributed by atoms with Gasteiger partial charge in [0.15, 0.2) is 5.69 Å². The third-order valence-electron chi connectivity index (χ3n) is 1.82. The van der Waals surface area contributed by atoms with Crippen LogP contribution in [0.4, 0.5) is 0 Å². The molecule has 0 saturated heterocycles. The molecule has 5 heteroatoms. The summed E-state index contributed by atoms with van der Waals surface area (Å²) in [5, 5.41) is 12.5. The highest BCUT2D eigenvalue weighted by Crippen LogP contribution is 2.12. The predicted octanol–water partition coefficient (Wildman–Crippen LogP) is 0.886. The summed E-state index contributed by atoms with van der Waals surface area (Å²) in [4.78, 5) is 21.8. The van der Waals surface area contributed by atoms with Crippen molar-refractivity contribution in [3.05, 3.63) is 40.4 Å². The quantitative estimate of drug-likeness (QED) is 0.723. The molecule has 0 bridgehead atoms. The number of rotatable bonds is 1. The number of nitrogens with zero attached hydrogens (tertiary/aromatic N) is 1. The van der Waals surface area contributed by atoms with Gasteiger partial charge in [-0.05, 0) is 6.07 Å². The second kappa shape index (κ2) is 2.95. The fraction of sp³-hybridized carbons (Fsp3) is 0. The maximum absolute atomic E-state index is 11.1. The van der Waals surface area contributed by atoms with Gasteiger partial charge in [0, 0.05) is 5.39 Å². The molecule has 0 spiro atoms. The summed E-state index contributed by atoms with van der Waals surface area (Å²) in [5.74, 6) is -1.22. The number of benzene rings is 1. The lowest BCUT2D eigenvalue weighted by Gasteiger charge is -1.96. The molecule has 1 aromatic heterocycles. The summed E-state index contributed by atoms with van der Waals surface area (Å²) < 4.78 is 4.35. The molecule has 2 rings (SSSR count). The molecule has 14 heavy (non-hydrogen) atoms. The van der Waals surface area contributed by atoms with Crippen molar-refractivity contribution in [3.8, 4) is 0 Å². The third-order valence-corrected chi connectivity index (χ3v) is 1.82. The minimum absolute atomic E-state index is 0.222. The first-order valence-electron chi connectivity index (χ1n) is 3.82. The highest BCUT2D eigenvalue weighted by Gasteiger charge is 2.13. The SMILES string of the molecule is O=C(O)c1noc(=O)c2ccccc12. The van der Waals surface area contributed by atoms with E-state index in [4.69, 9.17) is 5.11 Å². The van der Waals surface area contributed by atoms with Crippen LogP contribution < -0.4 is 5.63 Å². The zero-order chi connectivity index (χ0) is 10.1. The van der Waals surface area contributed by atoms with Gasteiger partial charge in [0.25, 0.3) is 0 Å². The number of fused-ring (bicyclic) bond motifs is 1. The van der Waals surface area contributed by atoms with E-state index >= 15 is 0 Å². The van der Waals surface area contributed by atoms with Crippen LogP contribution in [0.15, 0.2) is 33.6 Å². The minimum Gasteiger partial charge on any atom is -0.476 e. The first kappa shape index (κ1) is 8.43. The third kappa shape index (κ3) is 1.15. The molecule has 0 aliphatic rings. The molecule has 0 atom stereocenters. The number of carboxylic acids is 1. The van der Waals surface area contributed by atoms with Crippen LogP contribution in [0.5, 0.6) is 0 Å². The van der Waals surface area contributed by atoms with E-state index in [1.165, 1.54) is 12.1 Å². The number of aromatic nitrogens is 1. The first-order valence-corrected chi connectivity index (χ1v) is 3.82. The Morgan fingerprint density at radius 3 is 2.57 bits per heavy atom. The number of hydrogen-bond acceptors (Lipinski definition) is 4. The molecule has 70 valence electrons. The summed E-state index contributed by atoms with van der Waals surface area (Å²) in [5.41, 5.74) is -0.884. The monoisotopic (exact) mass is 191 g/mol. The summed E-state index contributed by atoms with van der Waals surface area (Å²) in [6.45, 7) is 0. The standard InChI is InChI=1S/C9H5NO4/c11-8(12)7-5-3-1-2-4-6(5)9(13)14-10-7/h1-4H,(H,11,12). The summed E-state index contributed by atoms with van der Waals surface area (Å²) in [7, 11) is 0. The van der Waals surface area contributed by atoms with Crippen molar-refractivity contribution in [2.75, 3.05) is 0 Å². The van der Waals surface area contributed by atoms with Crippen molar-refractivity contribution in [1.82, 2.24) is 5.16 Å². The van der Waals surface area contributed by atoms with E-state index in [9.17, 15) is 9.59 Å². The van der Waals surface area contributed by atoms with Crippen LogP contribution in [0.2, 0.25) is 0 Å². The fourth-order valence-corrected chi connectivity index (χ4v) is 1.21. The predicted molar refractivity (Wildman–Crippen MR) is 47.2 cm³/mol. The highest BCUT2D eigenvalue weighted by molar-refractivity contribution is 6.00. The summed E-state index contributed by atoms with van der Waals surface area (Å²) >= 11 is 0. The molecule has 5 nitrogen and oxygen atoms in total. The van der Waals surface area contributed by atoms with Crippen LogP contribution in [-0.4, -0.2) is 16.2 Å². The molecule has 2 aromatic rings. The highest BCUT2D eigenvalue weighted by atomic mass is 16.5. The molecule has 0 saturated carbocycles. The van der Waals surface area contributed by atoms with Gasteiger partial charge < -0.3 is 9.63 Å². The maximum Gasteiger partial charge on any atom is 0.366 e. The summed E-state index contributed by atoms with van der Waals surface area (Å²) in [6, 6.07) is 6.28. The number of aromatic carboxylic acids is 1. The average molecular weight is 191 g/mol.